The van der Waals surface area contributed by atoms with Crippen LogP contribution in [0.5, 0.6) is 0 Å². The molecule has 0 spiro atoms. The predicted octanol–water partition coefficient (Wildman–Crippen LogP) is 5.29. The van der Waals surface area contributed by atoms with Crippen molar-refractivity contribution in [1.82, 2.24) is 30.1 Å². The first-order valence-corrected chi connectivity index (χ1v) is 9.91. The Labute approximate surface area is 173 Å². The van der Waals surface area contributed by atoms with Crippen molar-refractivity contribution < 1.29 is 0 Å². The molecule has 0 radical (unpaired) electrons. The van der Waals surface area contributed by atoms with Crippen LogP contribution in [0.25, 0.3) is 44.8 Å². The first-order chi connectivity index (χ1) is 14.7. The van der Waals surface area contributed by atoms with Crippen LogP contribution < -0.4 is 5.32 Å². The first kappa shape index (κ1) is 18.1. The van der Waals surface area contributed by atoms with Crippen molar-refractivity contribution >= 4 is 27.8 Å². The summed E-state index contributed by atoms with van der Waals surface area (Å²) in [6.07, 6.45) is 5.57. The Morgan fingerprint density at radius 3 is 2.83 bits per heavy atom. The summed E-state index contributed by atoms with van der Waals surface area (Å²) in [7, 11) is 0. The average Bonchev–Trinajstić information content (AvgIpc) is 3.37. The van der Waals surface area contributed by atoms with Crippen molar-refractivity contribution in [3.8, 4) is 22.8 Å². The highest BCUT2D eigenvalue weighted by atomic mass is 15.1. The van der Waals surface area contributed by atoms with E-state index >= 15 is 0 Å². The zero-order valence-corrected chi connectivity index (χ0v) is 16.6. The third-order valence-corrected chi connectivity index (χ3v) is 4.93. The number of imidazole rings is 1. The average molecular weight is 395 g/mol. The Kier molecular flexibility index (Phi) is 4.48. The van der Waals surface area contributed by atoms with E-state index < -0.39 is 0 Å². The molecule has 5 aromatic rings. The lowest BCUT2D eigenvalue weighted by Gasteiger charge is -2.09. The van der Waals surface area contributed by atoms with Gasteiger partial charge in [-0.15, -0.1) is 0 Å². The molecule has 148 valence electrons. The van der Waals surface area contributed by atoms with E-state index in [1.807, 2.05) is 48.7 Å². The minimum absolute atomic E-state index is 0.691. The topological polar surface area (TPSA) is 95.2 Å². The van der Waals surface area contributed by atoms with Crippen molar-refractivity contribution in [2.45, 2.75) is 19.8 Å². The van der Waals surface area contributed by atoms with Gasteiger partial charge in [0, 0.05) is 17.5 Å². The van der Waals surface area contributed by atoms with Gasteiger partial charge in [-0.1, -0.05) is 32.1 Å². The molecule has 0 amide bonds. The summed E-state index contributed by atoms with van der Waals surface area (Å²) in [6.45, 7) is 6.19. The van der Waals surface area contributed by atoms with Gasteiger partial charge in [0.25, 0.3) is 0 Å². The van der Waals surface area contributed by atoms with Crippen LogP contribution in [-0.2, 0) is 0 Å². The van der Waals surface area contributed by atoms with Crippen LogP contribution in [-0.4, -0.2) is 30.1 Å². The van der Waals surface area contributed by atoms with Crippen LogP contribution >= 0.6 is 0 Å². The molecule has 4 heterocycles. The number of allylic oxidation sites excluding steroid dienone is 1. The normalized spacial score (nSPS) is 11.2. The maximum absolute atomic E-state index is 4.86. The molecule has 7 nitrogen and oxygen atoms in total. The molecule has 3 N–H and O–H groups in total. The first-order valence-electron chi connectivity index (χ1n) is 9.91. The number of benzene rings is 1. The second kappa shape index (κ2) is 7.44. The number of pyridine rings is 2. The molecular formula is C23H21N7. The van der Waals surface area contributed by atoms with Gasteiger partial charge in [0.05, 0.1) is 34.1 Å². The molecule has 0 saturated heterocycles. The number of rotatable bonds is 6. The number of para-hydroxylation sites is 2. The number of aromatic nitrogens is 6. The predicted molar refractivity (Wildman–Crippen MR) is 120 cm³/mol. The number of anilines is 1. The second-order valence-corrected chi connectivity index (χ2v) is 7.21. The smallest absolute Gasteiger partial charge is 0.161 e. The molecule has 1 aromatic carbocycles. The quantitative estimate of drug-likeness (QED) is 0.363. The van der Waals surface area contributed by atoms with Crippen molar-refractivity contribution in [2.75, 3.05) is 5.32 Å². The second-order valence-electron chi connectivity index (χ2n) is 7.21. The summed E-state index contributed by atoms with van der Waals surface area (Å²) in [5.74, 6) is 0.691. The zero-order chi connectivity index (χ0) is 20.5. The number of nitrogens with zero attached hydrogens (tertiary/aromatic N) is 4. The summed E-state index contributed by atoms with van der Waals surface area (Å²) in [5.41, 5.74) is 7.79. The van der Waals surface area contributed by atoms with Crippen LogP contribution in [0.1, 0.15) is 19.8 Å². The summed E-state index contributed by atoms with van der Waals surface area (Å²) in [5, 5.41) is 10.8. The molecule has 0 unspecified atom stereocenters. The molecule has 0 aliphatic rings. The van der Waals surface area contributed by atoms with Crippen LogP contribution in [0.2, 0.25) is 0 Å². The minimum Gasteiger partial charge on any atom is -0.358 e. The summed E-state index contributed by atoms with van der Waals surface area (Å²) in [6, 6.07) is 13.9. The third kappa shape index (κ3) is 3.30. The summed E-state index contributed by atoms with van der Waals surface area (Å²) >= 11 is 0. The van der Waals surface area contributed by atoms with E-state index in [0.29, 0.717) is 11.5 Å². The Balaban J connectivity index is 1.54. The number of aromatic amines is 2. The maximum atomic E-state index is 4.86. The Hall–Kier alpha value is -4.00. The molecule has 30 heavy (non-hydrogen) atoms. The Bertz CT molecular complexity index is 1330. The van der Waals surface area contributed by atoms with Gasteiger partial charge >= 0.3 is 0 Å². The lowest BCUT2D eigenvalue weighted by Crippen LogP contribution is -1.98. The number of hydrogen-bond donors (Lipinski definition) is 3. The van der Waals surface area contributed by atoms with Crippen molar-refractivity contribution in [3.63, 3.8) is 0 Å². The molecule has 5 rings (SSSR count). The Morgan fingerprint density at radius 1 is 1.07 bits per heavy atom. The van der Waals surface area contributed by atoms with Crippen molar-refractivity contribution in [2.24, 2.45) is 0 Å². The van der Waals surface area contributed by atoms with E-state index in [1.165, 1.54) is 0 Å². The molecule has 0 fully saturated rings. The van der Waals surface area contributed by atoms with Gasteiger partial charge in [-0.25, -0.2) is 9.97 Å². The fourth-order valence-electron chi connectivity index (χ4n) is 3.51. The van der Waals surface area contributed by atoms with Gasteiger partial charge < -0.3 is 10.3 Å². The number of hydrogen-bond acceptors (Lipinski definition) is 5. The van der Waals surface area contributed by atoms with Crippen molar-refractivity contribution in [1.29, 1.82) is 0 Å². The molecule has 0 aliphatic heterocycles. The molecule has 0 saturated carbocycles. The number of nitrogens with one attached hydrogen (secondary N) is 3. The SMILES string of the molecule is C=C(CCC)Nc1cncc(-c2ccc3[nH]nc(-c4nc5ccccc5[nH]4)c3n2)c1. The highest BCUT2D eigenvalue weighted by Gasteiger charge is 2.15. The fourth-order valence-corrected chi connectivity index (χ4v) is 3.51. The van der Waals surface area contributed by atoms with Gasteiger partial charge in [-0.3, -0.25) is 10.1 Å². The fraction of sp³-hybridized carbons (Fsp3) is 0.130. The monoisotopic (exact) mass is 395 g/mol. The molecule has 0 atom stereocenters. The molecular weight excluding hydrogens is 374 g/mol. The van der Waals surface area contributed by atoms with E-state index in [0.717, 1.165) is 57.6 Å². The van der Waals surface area contributed by atoms with Gasteiger partial charge in [-0.2, -0.15) is 5.10 Å². The van der Waals surface area contributed by atoms with Crippen LogP contribution in [0.4, 0.5) is 5.69 Å². The van der Waals surface area contributed by atoms with Crippen LogP contribution in [0, 0.1) is 0 Å². The lowest BCUT2D eigenvalue weighted by atomic mass is 10.1. The molecule has 0 aliphatic carbocycles. The highest BCUT2D eigenvalue weighted by Crippen LogP contribution is 2.28. The zero-order valence-electron chi connectivity index (χ0n) is 16.6. The van der Waals surface area contributed by atoms with E-state index in [2.05, 4.69) is 44.0 Å². The highest BCUT2D eigenvalue weighted by molar-refractivity contribution is 5.91. The van der Waals surface area contributed by atoms with Gasteiger partial charge in [0.2, 0.25) is 0 Å². The molecule has 0 bridgehead atoms. The third-order valence-electron chi connectivity index (χ3n) is 4.93. The summed E-state index contributed by atoms with van der Waals surface area (Å²) < 4.78 is 0. The van der Waals surface area contributed by atoms with Crippen LogP contribution in [0.3, 0.4) is 0 Å². The van der Waals surface area contributed by atoms with Gasteiger partial charge in [-0.05, 0) is 36.8 Å². The van der Waals surface area contributed by atoms with Gasteiger partial charge in [0.15, 0.2) is 11.5 Å². The van der Waals surface area contributed by atoms with E-state index in [9.17, 15) is 0 Å². The number of fused-ring (bicyclic) bond motifs is 2. The van der Waals surface area contributed by atoms with E-state index in [-0.39, 0.29) is 0 Å². The van der Waals surface area contributed by atoms with E-state index in [1.54, 1.807) is 6.20 Å². The molecule has 7 heteroatoms. The van der Waals surface area contributed by atoms with Crippen molar-refractivity contribution in [3.05, 3.63) is 67.1 Å². The maximum Gasteiger partial charge on any atom is 0.161 e. The lowest BCUT2D eigenvalue weighted by molar-refractivity contribution is 0.913. The number of H-pyrrole nitrogens is 2. The largest absolute Gasteiger partial charge is 0.358 e. The van der Waals surface area contributed by atoms with Gasteiger partial charge in [0.1, 0.15) is 5.52 Å². The minimum atomic E-state index is 0.691. The molecule has 4 aromatic heterocycles. The standard InChI is InChI=1S/C23H21N7/c1-3-6-14(2)25-16-11-15(12-24-13-16)17-9-10-20-21(26-17)22(30-29-20)23-27-18-7-4-5-8-19(18)28-23/h4-5,7-13,25H,2-3,6H2,1H3,(H,27,28)(H,29,30). The van der Waals surface area contributed by atoms with Crippen LogP contribution in [0.15, 0.2) is 67.1 Å². The van der Waals surface area contributed by atoms with E-state index in [4.69, 9.17) is 4.98 Å². The Morgan fingerprint density at radius 2 is 1.97 bits per heavy atom. The summed E-state index contributed by atoms with van der Waals surface area (Å²) in [4.78, 5) is 17.2.